The van der Waals surface area contributed by atoms with E-state index in [1.54, 1.807) is 0 Å². The van der Waals surface area contributed by atoms with E-state index in [-0.39, 0.29) is 11.7 Å². The Kier molecular flexibility index (Phi) is 5.03. The summed E-state index contributed by atoms with van der Waals surface area (Å²) in [6.45, 7) is 3.77. The molecule has 0 aromatic heterocycles. The summed E-state index contributed by atoms with van der Waals surface area (Å²) in [5.41, 5.74) is 10.4. The third-order valence-corrected chi connectivity index (χ3v) is 1.42. The van der Waals surface area contributed by atoms with Crippen LogP contribution in [0.3, 0.4) is 0 Å². The molecular formula is C7H15N4O. The molecule has 0 saturated heterocycles. The highest BCUT2D eigenvalue weighted by Gasteiger charge is 2.06. The zero-order valence-corrected chi connectivity index (χ0v) is 6.97. The SMILES string of the molecule is [CH2]C(=O)[C@@H](N)CCCNC(=N)N. The third kappa shape index (κ3) is 5.67. The van der Waals surface area contributed by atoms with Gasteiger partial charge in [-0.15, -0.1) is 0 Å². The van der Waals surface area contributed by atoms with Gasteiger partial charge in [-0.05, 0) is 12.8 Å². The second-order valence-electron chi connectivity index (χ2n) is 2.56. The van der Waals surface area contributed by atoms with E-state index in [1.807, 2.05) is 0 Å². The van der Waals surface area contributed by atoms with E-state index in [2.05, 4.69) is 12.2 Å². The molecule has 1 radical (unpaired) electrons. The van der Waals surface area contributed by atoms with Gasteiger partial charge in [0.15, 0.2) is 5.96 Å². The number of hydrogen-bond acceptors (Lipinski definition) is 3. The quantitative estimate of drug-likeness (QED) is 0.241. The Bertz CT molecular complexity index is 169. The van der Waals surface area contributed by atoms with E-state index in [1.165, 1.54) is 0 Å². The van der Waals surface area contributed by atoms with Crippen molar-refractivity contribution in [3.8, 4) is 0 Å². The summed E-state index contributed by atoms with van der Waals surface area (Å²) in [7, 11) is 0. The Labute approximate surface area is 72.0 Å². The molecule has 5 nitrogen and oxygen atoms in total. The van der Waals surface area contributed by atoms with Gasteiger partial charge in [0.1, 0.15) is 5.78 Å². The zero-order chi connectivity index (χ0) is 9.56. The van der Waals surface area contributed by atoms with Crippen molar-refractivity contribution >= 4 is 11.7 Å². The van der Waals surface area contributed by atoms with Gasteiger partial charge in [0.25, 0.3) is 0 Å². The predicted molar refractivity (Wildman–Crippen MR) is 47.5 cm³/mol. The Morgan fingerprint density at radius 1 is 1.67 bits per heavy atom. The van der Waals surface area contributed by atoms with Crippen LogP contribution in [0.25, 0.3) is 0 Å². The molecule has 0 rings (SSSR count). The van der Waals surface area contributed by atoms with Crippen LogP contribution in [0.15, 0.2) is 0 Å². The summed E-state index contributed by atoms with van der Waals surface area (Å²) in [5, 5.41) is 9.43. The average Bonchev–Trinajstić information content (AvgIpc) is 1.97. The molecule has 0 heterocycles. The van der Waals surface area contributed by atoms with Crippen LogP contribution in [0.5, 0.6) is 0 Å². The largest absolute Gasteiger partial charge is 0.370 e. The van der Waals surface area contributed by atoms with E-state index >= 15 is 0 Å². The van der Waals surface area contributed by atoms with Crippen molar-refractivity contribution in [2.75, 3.05) is 6.54 Å². The van der Waals surface area contributed by atoms with Gasteiger partial charge in [-0.3, -0.25) is 10.2 Å². The summed E-state index contributed by atoms with van der Waals surface area (Å²) in [5.74, 6) is -0.317. The summed E-state index contributed by atoms with van der Waals surface area (Å²) < 4.78 is 0. The number of Topliss-reactive ketones (excluding diaryl/α,β-unsaturated/α-hetero) is 1. The van der Waals surface area contributed by atoms with E-state index in [0.29, 0.717) is 19.4 Å². The molecular weight excluding hydrogens is 156 g/mol. The summed E-state index contributed by atoms with van der Waals surface area (Å²) >= 11 is 0. The van der Waals surface area contributed by atoms with Gasteiger partial charge < -0.3 is 16.8 Å². The van der Waals surface area contributed by atoms with Crippen molar-refractivity contribution in [2.24, 2.45) is 11.5 Å². The fourth-order valence-corrected chi connectivity index (χ4v) is 0.706. The number of nitrogens with one attached hydrogen (secondary N) is 2. The van der Waals surface area contributed by atoms with Crippen molar-refractivity contribution in [3.05, 3.63) is 6.92 Å². The highest BCUT2D eigenvalue weighted by molar-refractivity contribution is 5.87. The number of rotatable bonds is 5. The highest BCUT2D eigenvalue weighted by Crippen LogP contribution is 1.93. The molecule has 0 aromatic rings. The van der Waals surface area contributed by atoms with Crippen LogP contribution < -0.4 is 16.8 Å². The third-order valence-electron chi connectivity index (χ3n) is 1.42. The monoisotopic (exact) mass is 171 g/mol. The maximum absolute atomic E-state index is 10.5. The molecule has 5 heteroatoms. The standard InChI is InChI=1S/C7H15N4O/c1-5(12)6(8)3-2-4-11-7(9)10/h6H,1-4,8H2,(H4,9,10,11)/t6-/m0/s1. The number of ketones is 1. The fourth-order valence-electron chi connectivity index (χ4n) is 0.706. The zero-order valence-electron chi connectivity index (χ0n) is 6.97. The van der Waals surface area contributed by atoms with Crippen LogP contribution >= 0.6 is 0 Å². The van der Waals surface area contributed by atoms with Crippen LogP contribution in [0.2, 0.25) is 0 Å². The van der Waals surface area contributed by atoms with E-state index < -0.39 is 6.04 Å². The average molecular weight is 171 g/mol. The Hall–Kier alpha value is -1.10. The molecule has 0 aromatic carbocycles. The number of nitrogens with two attached hydrogens (primary N) is 2. The smallest absolute Gasteiger partial charge is 0.185 e. The highest BCUT2D eigenvalue weighted by atomic mass is 16.1. The summed E-state index contributed by atoms with van der Waals surface area (Å²) in [4.78, 5) is 10.5. The molecule has 0 spiro atoms. The molecule has 69 valence electrons. The first kappa shape index (κ1) is 10.9. The Balaban J connectivity index is 3.31. The molecule has 6 N–H and O–H groups in total. The van der Waals surface area contributed by atoms with Crippen LogP contribution in [0.4, 0.5) is 0 Å². The van der Waals surface area contributed by atoms with Crippen molar-refractivity contribution in [1.82, 2.24) is 5.32 Å². The molecule has 0 unspecified atom stereocenters. The molecule has 0 aliphatic heterocycles. The van der Waals surface area contributed by atoms with Crippen molar-refractivity contribution in [1.29, 1.82) is 5.41 Å². The van der Waals surface area contributed by atoms with E-state index in [0.717, 1.165) is 0 Å². The lowest BCUT2D eigenvalue weighted by molar-refractivity contribution is -0.116. The van der Waals surface area contributed by atoms with Crippen molar-refractivity contribution in [3.63, 3.8) is 0 Å². The Morgan fingerprint density at radius 2 is 2.25 bits per heavy atom. The van der Waals surface area contributed by atoms with Gasteiger partial charge in [0.2, 0.25) is 0 Å². The van der Waals surface area contributed by atoms with Gasteiger partial charge in [0, 0.05) is 13.5 Å². The molecule has 0 saturated carbocycles. The van der Waals surface area contributed by atoms with Crippen LogP contribution in [-0.2, 0) is 4.79 Å². The first-order chi connectivity index (χ1) is 5.54. The fraction of sp³-hybridized carbons (Fsp3) is 0.571. The molecule has 0 fully saturated rings. The van der Waals surface area contributed by atoms with Gasteiger partial charge in [0.05, 0.1) is 6.04 Å². The normalized spacial score (nSPS) is 12.2. The molecule has 0 amide bonds. The minimum absolute atomic E-state index is 0.0653. The van der Waals surface area contributed by atoms with Gasteiger partial charge >= 0.3 is 0 Å². The topological polar surface area (TPSA) is 105 Å². The number of hydrogen-bond donors (Lipinski definition) is 4. The van der Waals surface area contributed by atoms with Gasteiger partial charge in [-0.25, -0.2) is 0 Å². The minimum atomic E-state index is -0.487. The van der Waals surface area contributed by atoms with Crippen molar-refractivity contribution in [2.45, 2.75) is 18.9 Å². The van der Waals surface area contributed by atoms with Gasteiger partial charge in [-0.1, -0.05) is 0 Å². The van der Waals surface area contributed by atoms with Crippen LogP contribution in [0.1, 0.15) is 12.8 Å². The number of carbonyl (C=O) groups is 1. The second-order valence-corrected chi connectivity index (χ2v) is 2.56. The minimum Gasteiger partial charge on any atom is -0.370 e. The second kappa shape index (κ2) is 5.54. The lowest BCUT2D eigenvalue weighted by atomic mass is 10.1. The van der Waals surface area contributed by atoms with Crippen LogP contribution in [-0.4, -0.2) is 24.3 Å². The van der Waals surface area contributed by atoms with Crippen molar-refractivity contribution < 1.29 is 4.79 Å². The molecule has 0 bridgehead atoms. The molecule has 0 aliphatic rings. The first-order valence-electron chi connectivity index (χ1n) is 3.73. The molecule has 1 atom stereocenters. The van der Waals surface area contributed by atoms with E-state index in [9.17, 15) is 4.79 Å². The van der Waals surface area contributed by atoms with Crippen LogP contribution in [0, 0.1) is 12.3 Å². The maximum atomic E-state index is 10.5. The van der Waals surface area contributed by atoms with E-state index in [4.69, 9.17) is 16.9 Å². The summed E-state index contributed by atoms with van der Waals surface area (Å²) in [6.07, 6.45) is 1.28. The maximum Gasteiger partial charge on any atom is 0.185 e. The Morgan fingerprint density at radius 3 is 2.67 bits per heavy atom. The predicted octanol–water partition coefficient (Wildman–Crippen LogP) is -1.02. The lowest BCUT2D eigenvalue weighted by Gasteiger charge is -2.07. The number of guanidine groups is 1. The van der Waals surface area contributed by atoms with Gasteiger partial charge in [-0.2, -0.15) is 0 Å². The number of carbonyl (C=O) groups excluding carboxylic acids is 1. The lowest BCUT2D eigenvalue weighted by Crippen LogP contribution is -2.33. The first-order valence-corrected chi connectivity index (χ1v) is 3.73. The summed E-state index contributed by atoms with van der Waals surface area (Å²) in [6, 6.07) is -0.487. The molecule has 12 heavy (non-hydrogen) atoms. The molecule has 0 aliphatic carbocycles.